The molecule has 0 unspecified atom stereocenters. The zero-order valence-electron chi connectivity index (χ0n) is 10.8. The van der Waals surface area contributed by atoms with Crippen molar-refractivity contribution in [3.8, 4) is 0 Å². The lowest BCUT2D eigenvalue weighted by Crippen LogP contribution is -2.49. The SMILES string of the molecule is CNc1cnccc1C(=O)NCC1(OC)CCC1. The Hall–Kier alpha value is -1.62. The maximum absolute atomic E-state index is 12.1. The van der Waals surface area contributed by atoms with Crippen LogP contribution in [-0.2, 0) is 4.74 Å². The Balaban J connectivity index is 1.99. The number of hydrogen-bond acceptors (Lipinski definition) is 4. The van der Waals surface area contributed by atoms with E-state index >= 15 is 0 Å². The Kier molecular flexibility index (Phi) is 3.81. The van der Waals surface area contributed by atoms with Gasteiger partial charge in [-0.2, -0.15) is 0 Å². The van der Waals surface area contributed by atoms with Gasteiger partial charge in [0.05, 0.1) is 23.0 Å². The molecule has 1 aliphatic rings. The number of carbonyl (C=O) groups is 1. The predicted octanol–water partition coefficient (Wildman–Crippen LogP) is 1.42. The van der Waals surface area contributed by atoms with Gasteiger partial charge in [0, 0.05) is 26.9 Å². The molecular weight excluding hydrogens is 230 g/mol. The van der Waals surface area contributed by atoms with Crippen molar-refractivity contribution in [2.24, 2.45) is 0 Å². The molecule has 0 bridgehead atoms. The van der Waals surface area contributed by atoms with E-state index in [1.54, 1.807) is 32.6 Å². The number of aromatic nitrogens is 1. The average molecular weight is 249 g/mol. The first-order valence-electron chi connectivity index (χ1n) is 6.16. The van der Waals surface area contributed by atoms with E-state index in [4.69, 9.17) is 4.74 Å². The highest BCUT2D eigenvalue weighted by Gasteiger charge is 2.37. The Morgan fingerprint density at radius 3 is 2.89 bits per heavy atom. The fraction of sp³-hybridized carbons (Fsp3) is 0.538. The summed E-state index contributed by atoms with van der Waals surface area (Å²) in [7, 11) is 3.48. The van der Waals surface area contributed by atoms with Gasteiger partial charge < -0.3 is 15.4 Å². The van der Waals surface area contributed by atoms with Crippen molar-refractivity contribution >= 4 is 11.6 Å². The third kappa shape index (κ3) is 2.46. The number of ether oxygens (including phenoxy) is 1. The zero-order chi connectivity index (χ0) is 13.0. The number of amides is 1. The summed E-state index contributed by atoms with van der Waals surface area (Å²) in [6, 6.07) is 1.71. The molecule has 0 aliphatic heterocycles. The van der Waals surface area contributed by atoms with E-state index in [0.717, 1.165) is 18.5 Å². The van der Waals surface area contributed by atoms with Crippen LogP contribution in [0, 0.1) is 0 Å². The zero-order valence-corrected chi connectivity index (χ0v) is 10.8. The molecule has 0 saturated heterocycles. The van der Waals surface area contributed by atoms with E-state index in [1.807, 2.05) is 0 Å². The topological polar surface area (TPSA) is 63.2 Å². The maximum Gasteiger partial charge on any atom is 0.253 e. The Morgan fingerprint density at radius 1 is 1.56 bits per heavy atom. The van der Waals surface area contributed by atoms with Gasteiger partial charge in [-0.1, -0.05) is 0 Å². The number of nitrogens with one attached hydrogen (secondary N) is 2. The molecule has 5 nitrogen and oxygen atoms in total. The molecule has 1 heterocycles. The van der Waals surface area contributed by atoms with Gasteiger partial charge in [-0.05, 0) is 25.3 Å². The van der Waals surface area contributed by atoms with Crippen LogP contribution in [0.1, 0.15) is 29.6 Å². The Labute approximate surface area is 107 Å². The molecule has 1 aliphatic carbocycles. The van der Waals surface area contributed by atoms with E-state index in [1.165, 1.54) is 6.42 Å². The standard InChI is InChI=1S/C13H19N3O2/c1-14-11-8-15-7-4-10(11)12(17)16-9-13(18-2)5-3-6-13/h4,7-8,14H,3,5-6,9H2,1-2H3,(H,16,17). The van der Waals surface area contributed by atoms with Gasteiger partial charge in [-0.25, -0.2) is 0 Å². The third-order valence-electron chi connectivity index (χ3n) is 3.60. The number of methoxy groups -OCH3 is 1. The monoisotopic (exact) mass is 249 g/mol. The lowest BCUT2D eigenvalue weighted by atomic mass is 9.80. The minimum atomic E-state index is -0.150. The van der Waals surface area contributed by atoms with Crippen molar-refractivity contribution in [1.82, 2.24) is 10.3 Å². The summed E-state index contributed by atoms with van der Waals surface area (Å²) in [5, 5.41) is 5.90. The average Bonchev–Trinajstić information content (AvgIpc) is 2.37. The molecule has 0 atom stereocenters. The molecule has 5 heteroatoms. The summed E-state index contributed by atoms with van der Waals surface area (Å²) in [5.74, 6) is -0.0925. The first kappa shape index (κ1) is 12.8. The normalized spacial score (nSPS) is 16.8. The number of hydrogen-bond donors (Lipinski definition) is 2. The van der Waals surface area contributed by atoms with Crippen LogP contribution < -0.4 is 10.6 Å². The molecule has 0 aromatic carbocycles. The van der Waals surface area contributed by atoms with Crippen molar-refractivity contribution in [3.63, 3.8) is 0 Å². The summed E-state index contributed by atoms with van der Waals surface area (Å²) in [6.45, 7) is 0.563. The van der Waals surface area contributed by atoms with E-state index in [-0.39, 0.29) is 11.5 Å². The van der Waals surface area contributed by atoms with Crippen molar-refractivity contribution in [1.29, 1.82) is 0 Å². The molecule has 1 amide bonds. The van der Waals surface area contributed by atoms with E-state index in [2.05, 4.69) is 15.6 Å². The second-order valence-electron chi connectivity index (χ2n) is 4.59. The minimum Gasteiger partial charge on any atom is -0.386 e. The highest BCUT2D eigenvalue weighted by molar-refractivity contribution is 5.99. The Morgan fingerprint density at radius 2 is 2.33 bits per heavy atom. The second kappa shape index (κ2) is 5.35. The molecule has 1 aromatic heterocycles. The molecule has 1 aromatic rings. The highest BCUT2D eigenvalue weighted by atomic mass is 16.5. The molecule has 2 N–H and O–H groups in total. The number of pyridine rings is 1. The van der Waals surface area contributed by atoms with Gasteiger partial charge in [0.2, 0.25) is 0 Å². The smallest absolute Gasteiger partial charge is 0.253 e. The number of carbonyl (C=O) groups excluding carboxylic acids is 1. The van der Waals surface area contributed by atoms with E-state index < -0.39 is 0 Å². The summed E-state index contributed by atoms with van der Waals surface area (Å²) in [4.78, 5) is 16.1. The highest BCUT2D eigenvalue weighted by Crippen LogP contribution is 2.34. The second-order valence-corrected chi connectivity index (χ2v) is 4.59. The largest absolute Gasteiger partial charge is 0.386 e. The predicted molar refractivity (Wildman–Crippen MR) is 69.7 cm³/mol. The van der Waals surface area contributed by atoms with Gasteiger partial charge in [0.15, 0.2) is 0 Å². The van der Waals surface area contributed by atoms with Crippen molar-refractivity contribution in [2.45, 2.75) is 24.9 Å². The molecule has 1 saturated carbocycles. The lowest BCUT2D eigenvalue weighted by Gasteiger charge is -2.40. The molecule has 0 radical (unpaired) electrons. The van der Waals surface area contributed by atoms with E-state index in [9.17, 15) is 4.79 Å². The number of rotatable bonds is 5. The fourth-order valence-corrected chi connectivity index (χ4v) is 2.15. The van der Waals surface area contributed by atoms with Crippen LogP contribution in [0.4, 0.5) is 5.69 Å². The molecule has 18 heavy (non-hydrogen) atoms. The van der Waals surface area contributed by atoms with Crippen LogP contribution in [-0.4, -0.2) is 37.2 Å². The quantitative estimate of drug-likeness (QED) is 0.828. The summed E-state index contributed by atoms with van der Waals surface area (Å²) >= 11 is 0. The van der Waals surface area contributed by atoms with Crippen molar-refractivity contribution < 1.29 is 9.53 Å². The van der Waals surface area contributed by atoms with Crippen LogP contribution in [0.3, 0.4) is 0 Å². The first-order valence-corrected chi connectivity index (χ1v) is 6.16. The van der Waals surface area contributed by atoms with Crippen molar-refractivity contribution in [2.75, 3.05) is 26.0 Å². The first-order chi connectivity index (χ1) is 8.71. The van der Waals surface area contributed by atoms with Crippen LogP contribution in [0.25, 0.3) is 0 Å². The lowest BCUT2D eigenvalue weighted by molar-refractivity contribution is -0.0679. The fourth-order valence-electron chi connectivity index (χ4n) is 2.15. The van der Waals surface area contributed by atoms with Gasteiger partial charge in [-0.3, -0.25) is 9.78 Å². The van der Waals surface area contributed by atoms with E-state index in [0.29, 0.717) is 12.1 Å². The molecule has 98 valence electrons. The number of anilines is 1. The summed E-state index contributed by atoms with van der Waals surface area (Å²) in [5.41, 5.74) is 1.19. The third-order valence-corrected chi connectivity index (χ3v) is 3.60. The minimum absolute atomic E-state index is 0.0925. The maximum atomic E-state index is 12.1. The van der Waals surface area contributed by atoms with Gasteiger partial charge >= 0.3 is 0 Å². The molecular formula is C13H19N3O2. The Bertz CT molecular complexity index is 424. The van der Waals surface area contributed by atoms with Gasteiger partial charge in [0.1, 0.15) is 0 Å². The van der Waals surface area contributed by atoms with Crippen molar-refractivity contribution in [3.05, 3.63) is 24.0 Å². The molecule has 1 fully saturated rings. The van der Waals surface area contributed by atoms with Crippen LogP contribution >= 0.6 is 0 Å². The van der Waals surface area contributed by atoms with Crippen LogP contribution in [0.2, 0.25) is 0 Å². The van der Waals surface area contributed by atoms with Crippen LogP contribution in [0.15, 0.2) is 18.5 Å². The summed E-state index contributed by atoms with van der Waals surface area (Å²) < 4.78 is 5.47. The molecule has 2 rings (SSSR count). The van der Waals surface area contributed by atoms with Gasteiger partial charge in [-0.15, -0.1) is 0 Å². The van der Waals surface area contributed by atoms with Crippen LogP contribution in [0.5, 0.6) is 0 Å². The number of nitrogens with zero attached hydrogens (tertiary/aromatic N) is 1. The molecule has 0 spiro atoms. The summed E-state index contributed by atoms with van der Waals surface area (Å²) in [6.07, 6.45) is 6.45. The van der Waals surface area contributed by atoms with Gasteiger partial charge in [0.25, 0.3) is 5.91 Å².